The molecule has 174 valence electrons. The molecule has 4 atom stereocenters. The first kappa shape index (κ1) is 21.7. The number of nitrogens with zero attached hydrogens (tertiary/aromatic N) is 4. The number of benzene rings is 2. The average Bonchev–Trinajstić information content (AvgIpc) is 3.25. The lowest BCUT2D eigenvalue weighted by molar-refractivity contribution is -0.384. The minimum atomic E-state index is -1.08. The van der Waals surface area contributed by atoms with E-state index < -0.39 is 52.2 Å². The van der Waals surface area contributed by atoms with E-state index in [9.17, 15) is 24.5 Å². The molecular weight excluding hydrogens is 440 g/mol. The number of imide groups is 1. The van der Waals surface area contributed by atoms with Gasteiger partial charge in [-0.3, -0.25) is 24.7 Å². The van der Waals surface area contributed by atoms with E-state index in [0.717, 1.165) is 16.0 Å². The van der Waals surface area contributed by atoms with Crippen molar-refractivity contribution in [1.82, 2.24) is 5.01 Å². The van der Waals surface area contributed by atoms with Gasteiger partial charge in [-0.25, -0.2) is 9.69 Å². The predicted molar refractivity (Wildman–Crippen MR) is 121 cm³/mol. The van der Waals surface area contributed by atoms with E-state index in [0.29, 0.717) is 0 Å². The Morgan fingerprint density at radius 1 is 1.03 bits per heavy atom. The highest BCUT2D eigenvalue weighted by Gasteiger charge is 2.66. The molecule has 0 aromatic heterocycles. The maximum absolute atomic E-state index is 13.7. The number of hydrogen-bond acceptors (Lipinski definition) is 8. The molecule has 2 amide bonds. The number of ether oxygens (including phenoxy) is 1. The van der Waals surface area contributed by atoms with Gasteiger partial charge < -0.3 is 4.74 Å². The van der Waals surface area contributed by atoms with E-state index in [4.69, 9.17) is 4.74 Å². The number of nitro benzene ring substituents is 1. The van der Waals surface area contributed by atoms with Crippen LogP contribution in [0, 0.1) is 22.0 Å². The summed E-state index contributed by atoms with van der Waals surface area (Å²) < 4.78 is 5.62. The van der Waals surface area contributed by atoms with Crippen molar-refractivity contribution >= 4 is 35.4 Å². The Bertz CT molecular complexity index is 1250. The lowest BCUT2D eigenvalue weighted by atomic mass is 9.85. The van der Waals surface area contributed by atoms with Gasteiger partial charge in [0.2, 0.25) is 11.8 Å². The summed E-state index contributed by atoms with van der Waals surface area (Å²) >= 11 is 0. The fraction of sp³-hybridized carbons (Fsp3) is 0.333. The van der Waals surface area contributed by atoms with Crippen LogP contribution in [0.4, 0.5) is 11.4 Å². The van der Waals surface area contributed by atoms with Crippen molar-refractivity contribution in [3.63, 3.8) is 0 Å². The van der Waals surface area contributed by atoms with Crippen LogP contribution in [0.25, 0.3) is 0 Å². The molecule has 0 unspecified atom stereocenters. The smallest absolute Gasteiger partial charge is 0.331 e. The summed E-state index contributed by atoms with van der Waals surface area (Å²) in [5, 5.41) is 17.0. The maximum atomic E-state index is 13.7. The summed E-state index contributed by atoms with van der Waals surface area (Å²) in [6, 6.07) is 10.9. The molecule has 2 fully saturated rings. The number of fused-ring (bicyclic) bond motifs is 5. The van der Waals surface area contributed by atoms with Crippen LogP contribution >= 0.6 is 0 Å². The summed E-state index contributed by atoms with van der Waals surface area (Å²) in [5.41, 5.74) is 0.867. The number of non-ortho nitro benzene ring substituents is 1. The molecule has 10 nitrogen and oxygen atoms in total. The second kappa shape index (κ2) is 7.47. The van der Waals surface area contributed by atoms with Crippen molar-refractivity contribution in [3.8, 4) is 0 Å². The third-order valence-corrected chi connectivity index (χ3v) is 6.26. The van der Waals surface area contributed by atoms with Crippen molar-refractivity contribution in [2.45, 2.75) is 38.5 Å². The molecule has 3 heterocycles. The van der Waals surface area contributed by atoms with Gasteiger partial charge in [-0.15, -0.1) is 0 Å². The average molecular weight is 462 g/mol. The van der Waals surface area contributed by atoms with E-state index in [-0.39, 0.29) is 11.4 Å². The van der Waals surface area contributed by atoms with Gasteiger partial charge in [0.05, 0.1) is 34.7 Å². The zero-order chi connectivity index (χ0) is 24.4. The van der Waals surface area contributed by atoms with E-state index in [1.54, 1.807) is 27.0 Å². The standard InChI is InChI=1S/C24H22N4O6/c1-24(2,3)34-23(31)20-18-17(19-16-7-5-4-6-13(16)12-25-27(19)20)21(29)26(22(18)30)14-8-10-15(11-9-14)28(32)33/h4-12,17-20H,1-3H3/t17-,18+,19+,20-/m0/s1. The molecule has 0 radical (unpaired) electrons. The zero-order valence-electron chi connectivity index (χ0n) is 18.7. The first-order valence-corrected chi connectivity index (χ1v) is 10.8. The Kier molecular flexibility index (Phi) is 4.78. The van der Waals surface area contributed by atoms with E-state index in [1.807, 2.05) is 24.3 Å². The molecule has 34 heavy (non-hydrogen) atoms. The third-order valence-electron chi connectivity index (χ3n) is 6.26. The number of hydrogen-bond donors (Lipinski definition) is 0. The molecule has 0 bridgehead atoms. The van der Waals surface area contributed by atoms with Crippen LogP contribution in [0.3, 0.4) is 0 Å². The molecule has 0 saturated carbocycles. The summed E-state index contributed by atoms with van der Waals surface area (Å²) in [6.07, 6.45) is 1.62. The van der Waals surface area contributed by atoms with Crippen molar-refractivity contribution in [2.75, 3.05) is 4.90 Å². The Morgan fingerprint density at radius 3 is 2.32 bits per heavy atom. The Morgan fingerprint density at radius 2 is 1.68 bits per heavy atom. The van der Waals surface area contributed by atoms with Gasteiger partial charge in [-0.2, -0.15) is 5.10 Å². The van der Waals surface area contributed by atoms with Gasteiger partial charge in [0, 0.05) is 12.1 Å². The highest BCUT2D eigenvalue weighted by atomic mass is 16.6. The molecule has 0 N–H and O–H groups in total. The summed E-state index contributed by atoms with van der Waals surface area (Å²) in [6.45, 7) is 5.19. The van der Waals surface area contributed by atoms with Crippen LogP contribution in [0.2, 0.25) is 0 Å². The normalized spacial score (nSPS) is 25.1. The minimum Gasteiger partial charge on any atom is -0.458 e. The number of amides is 2. The monoisotopic (exact) mass is 462 g/mol. The minimum absolute atomic E-state index is 0.156. The highest BCUT2D eigenvalue weighted by Crippen LogP contribution is 2.52. The molecule has 0 spiro atoms. The van der Waals surface area contributed by atoms with E-state index in [1.165, 1.54) is 29.3 Å². The highest BCUT2D eigenvalue weighted by molar-refractivity contribution is 6.24. The van der Waals surface area contributed by atoms with Crippen LogP contribution in [0.5, 0.6) is 0 Å². The Hall–Kier alpha value is -4.08. The SMILES string of the molecule is CC(C)(C)OC(=O)[C@@H]1[C@@H]2C(=O)N(c3ccc([N+](=O)[O-])cc3)C(=O)[C@@H]2[C@H]2c3ccccc3C=NN12. The number of rotatable bonds is 3. The van der Waals surface area contributed by atoms with Crippen LogP contribution in [-0.2, 0) is 19.1 Å². The van der Waals surface area contributed by atoms with Gasteiger partial charge in [0.15, 0.2) is 6.04 Å². The topological polar surface area (TPSA) is 122 Å². The van der Waals surface area contributed by atoms with Crippen LogP contribution in [-0.4, -0.2) is 45.6 Å². The van der Waals surface area contributed by atoms with Crippen LogP contribution in [0.1, 0.15) is 37.9 Å². The van der Waals surface area contributed by atoms with Crippen molar-refractivity contribution in [1.29, 1.82) is 0 Å². The zero-order valence-corrected chi connectivity index (χ0v) is 18.7. The van der Waals surface area contributed by atoms with E-state index >= 15 is 0 Å². The first-order valence-electron chi connectivity index (χ1n) is 10.8. The van der Waals surface area contributed by atoms with Crippen molar-refractivity contribution in [2.24, 2.45) is 16.9 Å². The summed E-state index contributed by atoms with van der Waals surface area (Å²) in [7, 11) is 0. The van der Waals surface area contributed by atoms with Gasteiger partial charge in [-0.05, 0) is 44.0 Å². The summed E-state index contributed by atoms with van der Waals surface area (Å²) in [4.78, 5) is 52.1. The molecular formula is C24H22N4O6. The number of nitro groups is 1. The lowest BCUT2D eigenvalue weighted by Gasteiger charge is -2.34. The molecule has 3 aliphatic rings. The van der Waals surface area contributed by atoms with Crippen molar-refractivity contribution < 1.29 is 24.0 Å². The maximum Gasteiger partial charge on any atom is 0.331 e. The lowest BCUT2D eigenvalue weighted by Crippen LogP contribution is -2.46. The predicted octanol–water partition coefficient (Wildman–Crippen LogP) is 2.82. The second-order valence-corrected chi connectivity index (χ2v) is 9.51. The number of carbonyl (C=O) groups is 3. The fourth-order valence-corrected chi connectivity index (χ4v) is 4.98. The number of anilines is 1. The van der Waals surface area contributed by atoms with Crippen molar-refractivity contribution in [3.05, 3.63) is 69.8 Å². The molecule has 0 aliphatic carbocycles. The molecule has 5 rings (SSSR count). The number of esters is 1. The van der Waals surface area contributed by atoms with Gasteiger partial charge in [0.1, 0.15) is 5.60 Å². The summed E-state index contributed by atoms with van der Waals surface area (Å²) in [5.74, 6) is -3.53. The number of carbonyl (C=O) groups excluding carboxylic acids is 3. The quantitative estimate of drug-likeness (QED) is 0.297. The Labute approximate surface area is 194 Å². The van der Waals surface area contributed by atoms with E-state index in [2.05, 4.69) is 5.10 Å². The van der Waals surface area contributed by atoms with Crippen LogP contribution in [0.15, 0.2) is 53.6 Å². The molecule has 2 saturated heterocycles. The first-order chi connectivity index (χ1) is 16.1. The molecule has 2 aromatic rings. The van der Waals surface area contributed by atoms with Gasteiger partial charge >= 0.3 is 5.97 Å². The Balaban J connectivity index is 1.60. The largest absolute Gasteiger partial charge is 0.458 e. The number of hydrazone groups is 1. The second-order valence-electron chi connectivity index (χ2n) is 9.51. The molecule has 2 aromatic carbocycles. The van der Waals surface area contributed by atoms with Gasteiger partial charge in [0.25, 0.3) is 5.69 Å². The third kappa shape index (κ3) is 3.25. The molecule has 3 aliphatic heterocycles. The van der Waals surface area contributed by atoms with Crippen LogP contribution < -0.4 is 4.90 Å². The fourth-order valence-electron chi connectivity index (χ4n) is 4.98. The van der Waals surface area contributed by atoms with Gasteiger partial charge in [-0.1, -0.05) is 24.3 Å². The molecule has 10 heteroatoms.